The van der Waals surface area contributed by atoms with E-state index in [9.17, 15) is 9.59 Å². The molecule has 0 saturated carbocycles. The molecule has 1 aromatic heterocycles. The van der Waals surface area contributed by atoms with E-state index in [1.807, 2.05) is 0 Å². The number of Topliss-reactive ketones (excluding diaryl/α,β-unsaturated/α-hetero) is 1. The first-order chi connectivity index (χ1) is 6.00. The van der Waals surface area contributed by atoms with Crippen molar-refractivity contribution in [3.8, 4) is 0 Å². The molecule has 0 amide bonds. The van der Waals surface area contributed by atoms with Gasteiger partial charge < -0.3 is 5.11 Å². The summed E-state index contributed by atoms with van der Waals surface area (Å²) in [5, 5.41) is 8.64. The van der Waals surface area contributed by atoms with Crippen molar-refractivity contribution >= 4 is 11.8 Å². The van der Waals surface area contributed by atoms with Crippen molar-refractivity contribution in [2.24, 2.45) is 0 Å². The predicted molar refractivity (Wildman–Crippen MR) is 45.9 cm³/mol. The number of carboxylic acid groups (broad SMARTS) is 1. The van der Waals surface area contributed by atoms with Crippen molar-refractivity contribution in [2.45, 2.75) is 13.8 Å². The van der Waals surface area contributed by atoms with Crippen molar-refractivity contribution in [2.75, 3.05) is 0 Å². The molecule has 13 heavy (non-hydrogen) atoms. The first kappa shape index (κ1) is 9.38. The van der Waals surface area contributed by atoms with Gasteiger partial charge in [0.1, 0.15) is 5.69 Å². The van der Waals surface area contributed by atoms with Crippen molar-refractivity contribution in [3.63, 3.8) is 0 Å². The summed E-state index contributed by atoms with van der Waals surface area (Å²) in [6.45, 7) is 3.04. The first-order valence-corrected chi connectivity index (χ1v) is 3.73. The molecule has 0 aromatic carbocycles. The molecule has 0 unspecified atom stereocenters. The topological polar surface area (TPSA) is 67.3 Å². The zero-order valence-electron chi connectivity index (χ0n) is 7.37. The molecule has 0 aliphatic rings. The van der Waals surface area contributed by atoms with Gasteiger partial charge in [-0.1, -0.05) is 0 Å². The van der Waals surface area contributed by atoms with Gasteiger partial charge in [0.15, 0.2) is 5.78 Å². The number of ketones is 1. The van der Waals surface area contributed by atoms with Crippen LogP contribution in [0.1, 0.15) is 33.5 Å². The van der Waals surface area contributed by atoms with E-state index in [2.05, 4.69) is 4.98 Å². The average Bonchev–Trinajstić information content (AvgIpc) is 2.03. The van der Waals surface area contributed by atoms with Gasteiger partial charge in [-0.2, -0.15) is 0 Å². The molecule has 1 heterocycles. The molecule has 0 spiro atoms. The third kappa shape index (κ3) is 2.11. The Kier molecular flexibility index (Phi) is 2.41. The Morgan fingerprint density at radius 3 is 2.46 bits per heavy atom. The van der Waals surface area contributed by atoms with Crippen LogP contribution in [0.3, 0.4) is 0 Å². The van der Waals surface area contributed by atoms with Crippen LogP contribution >= 0.6 is 0 Å². The minimum atomic E-state index is -1.12. The number of hydrogen-bond donors (Lipinski definition) is 1. The zero-order valence-corrected chi connectivity index (χ0v) is 7.37. The van der Waals surface area contributed by atoms with E-state index in [0.717, 1.165) is 0 Å². The monoisotopic (exact) mass is 179 g/mol. The molecule has 0 fully saturated rings. The van der Waals surface area contributed by atoms with Crippen LogP contribution in [0.2, 0.25) is 0 Å². The van der Waals surface area contributed by atoms with Gasteiger partial charge in [0.25, 0.3) is 0 Å². The number of carbonyl (C=O) groups excluding carboxylic acids is 1. The largest absolute Gasteiger partial charge is 0.477 e. The maximum Gasteiger partial charge on any atom is 0.354 e. The number of aromatic carboxylic acids is 1. The molecule has 68 valence electrons. The minimum absolute atomic E-state index is 0.0924. The fourth-order valence-corrected chi connectivity index (χ4v) is 0.981. The van der Waals surface area contributed by atoms with E-state index in [4.69, 9.17) is 5.11 Å². The molecule has 1 rings (SSSR count). The lowest BCUT2D eigenvalue weighted by atomic mass is 10.1. The maximum atomic E-state index is 11.0. The number of rotatable bonds is 2. The quantitative estimate of drug-likeness (QED) is 0.694. The number of hydrogen-bond acceptors (Lipinski definition) is 3. The standard InChI is InChI=1S/C9H9NO3/c1-5-3-7(6(2)11)4-8(10-5)9(12)13/h3-4H,1-2H3,(H,12,13). The van der Waals surface area contributed by atoms with Gasteiger partial charge in [-0.05, 0) is 26.0 Å². The van der Waals surface area contributed by atoms with Crippen molar-refractivity contribution in [1.82, 2.24) is 4.98 Å². The maximum absolute atomic E-state index is 11.0. The van der Waals surface area contributed by atoms with Crippen LogP contribution in [-0.4, -0.2) is 21.8 Å². The highest BCUT2D eigenvalue weighted by Gasteiger charge is 2.08. The summed E-state index contributed by atoms with van der Waals surface area (Å²) in [5.41, 5.74) is 0.820. The normalized spacial score (nSPS) is 9.69. The number of pyridine rings is 1. The highest BCUT2D eigenvalue weighted by Crippen LogP contribution is 2.06. The van der Waals surface area contributed by atoms with Gasteiger partial charge in [-0.3, -0.25) is 4.79 Å². The fourth-order valence-electron chi connectivity index (χ4n) is 0.981. The van der Waals surface area contributed by atoms with Crippen molar-refractivity contribution in [3.05, 3.63) is 29.1 Å². The van der Waals surface area contributed by atoms with Gasteiger partial charge in [0, 0.05) is 11.3 Å². The molecule has 0 aliphatic carbocycles. The molecule has 4 heteroatoms. The number of nitrogens with zero attached hydrogens (tertiary/aromatic N) is 1. The molecule has 0 atom stereocenters. The number of aromatic nitrogens is 1. The van der Waals surface area contributed by atoms with Gasteiger partial charge in [-0.15, -0.1) is 0 Å². The Labute approximate surface area is 75.2 Å². The summed E-state index contributed by atoms with van der Waals surface area (Å²) >= 11 is 0. The highest BCUT2D eigenvalue weighted by atomic mass is 16.4. The van der Waals surface area contributed by atoms with Crippen LogP contribution in [-0.2, 0) is 0 Å². The van der Waals surface area contributed by atoms with E-state index in [1.54, 1.807) is 13.0 Å². The van der Waals surface area contributed by atoms with Gasteiger partial charge >= 0.3 is 5.97 Å². The predicted octanol–water partition coefficient (Wildman–Crippen LogP) is 1.29. The third-order valence-corrected chi connectivity index (χ3v) is 1.58. The van der Waals surface area contributed by atoms with Gasteiger partial charge in [-0.25, -0.2) is 9.78 Å². The lowest BCUT2D eigenvalue weighted by Gasteiger charge is -1.99. The van der Waals surface area contributed by atoms with Gasteiger partial charge in [0.2, 0.25) is 0 Å². The second-order valence-electron chi connectivity index (χ2n) is 2.74. The summed E-state index contributed by atoms with van der Waals surface area (Å²) in [7, 11) is 0. The molecule has 4 nitrogen and oxygen atoms in total. The van der Waals surface area contributed by atoms with E-state index >= 15 is 0 Å². The number of carbonyl (C=O) groups is 2. The fraction of sp³-hybridized carbons (Fsp3) is 0.222. The first-order valence-electron chi connectivity index (χ1n) is 3.73. The van der Waals surface area contributed by atoms with E-state index in [-0.39, 0.29) is 11.5 Å². The van der Waals surface area contributed by atoms with Gasteiger partial charge in [0.05, 0.1) is 0 Å². The van der Waals surface area contributed by atoms with Crippen LogP contribution in [0.15, 0.2) is 12.1 Å². The molecular weight excluding hydrogens is 170 g/mol. The molecule has 1 N–H and O–H groups in total. The molecule has 0 aliphatic heterocycles. The lowest BCUT2D eigenvalue weighted by Crippen LogP contribution is -2.04. The molecule has 1 aromatic rings. The minimum Gasteiger partial charge on any atom is -0.477 e. The van der Waals surface area contributed by atoms with Crippen LogP contribution in [0.4, 0.5) is 0 Å². The molecule has 0 bridgehead atoms. The Balaban J connectivity index is 3.26. The Morgan fingerprint density at radius 1 is 1.38 bits per heavy atom. The average molecular weight is 179 g/mol. The molecule has 0 radical (unpaired) electrons. The summed E-state index contributed by atoms with van der Waals surface area (Å²) < 4.78 is 0. The Hall–Kier alpha value is -1.71. The summed E-state index contributed by atoms with van der Waals surface area (Å²) in [5.74, 6) is -1.28. The number of carboxylic acids is 1. The molecule has 0 saturated heterocycles. The van der Waals surface area contributed by atoms with Crippen LogP contribution in [0.5, 0.6) is 0 Å². The van der Waals surface area contributed by atoms with Crippen molar-refractivity contribution in [1.29, 1.82) is 0 Å². The second-order valence-corrected chi connectivity index (χ2v) is 2.74. The van der Waals surface area contributed by atoms with Crippen LogP contribution in [0.25, 0.3) is 0 Å². The second kappa shape index (κ2) is 3.35. The summed E-state index contributed by atoms with van der Waals surface area (Å²) in [6.07, 6.45) is 0. The Bertz CT molecular complexity index is 339. The smallest absolute Gasteiger partial charge is 0.354 e. The lowest BCUT2D eigenvalue weighted by molar-refractivity contribution is 0.0690. The highest BCUT2D eigenvalue weighted by molar-refractivity contribution is 5.96. The SMILES string of the molecule is CC(=O)c1cc(C)nc(C(=O)O)c1. The number of aryl methyl sites for hydroxylation is 1. The van der Waals surface area contributed by atoms with E-state index < -0.39 is 5.97 Å². The summed E-state index contributed by atoms with van der Waals surface area (Å²) in [6, 6.07) is 2.84. The van der Waals surface area contributed by atoms with Crippen LogP contribution < -0.4 is 0 Å². The van der Waals surface area contributed by atoms with Crippen molar-refractivity contribution < 1.29 is 14.7 Å². The Morgan fingerprint density at radius 2 is 2.00 bits per heavy atom. The third-order valence-electron chi connectivity index (χ3n) is 1.58. The summed E-state index contributed by atoms with van der Waals surface area (Å²) in [4.78, 5) is 25.3. The van der Waals surface area contributed by atoms with E-state index in [0.29, 0.717) is 11.3 Å². The van der Waals surface area contributed by atoms with Crippen LogP contribution in [0, 0.1) is 6.92 Å². The molecular formula is C9H9NO3. The van der Waals surface area contributed by atoms with E-state index in [1.165, 1.54) is 13.0 Å². The zero-order chi connectivity index (χ0) is 10.0.